The minimum atomic E-state index is -4.54. The van der Waals surface area contributed by atoms with E-state index in [0.29, 0.717) is 6.07 Å². The van der Waals surface area contributed by atoms with Gasteiger partial charge in [-0.05, 0) is 42.8 Å². The zero-order chi connectivity index (χ0) is 16.5. The van der Waals surface area contributed by atoms with E-state index < -0.39 is 21.8 Å². The summed E-state index contributed by atoms with van der Waals surface area (Å²) in [6.07, 6.45) is -4.54. The van der Waals surface area contributed by atoms with E-state index in [1.54, 1.807) is 19.1 Å². The van der Waals surface area contributed by atoms with Crippen molar-refractivity contribution in [2.45, 2.75) is 18.0 Å². The average Bonchev–Trinajstić information content (AvgIpc) is 2.40. The summed E-state index contributed by atoms with van der Waals surface area (Å²) in [4.78, 5) is 0.00321. The van der Waals surface area contributed by atoms with Gasteiger partial charge in [0, 0.05) is 0 Å². The molecule has 0 amide bonds. The van der Waals surface area contributed by atoms with E-state index in [2.05, 4.69) is 4.72 Å². The summed E-state index contributed by atoms with van der Waals surface area (Å²) >= 11 is 5.73. The molecule has 0 aliphatic heterocycles. The van der Waals surface area contributed by atoms with Crippen LogP contribution < -0.4 is 4.72 Å². The maximum absolute atomic E-state index is 12.5. The molecule has 0 saturated carbocycles. The van der Waals surface area contributed by atoms with Crippen LogP contribution in [0, 0.1) is 6.92 Å². The highest BCUT2D eigenvalue weighted by atomic mass is 35.5. The molecule has 8 heteroatoms. The number of aryl methyl sites for hydroxylation is 1. The Morgan fingerprint density at radius 1 is 1.09 bits per heavy atom. The van der Waals surface area contributed by atoms with E-state index in [4.69, 9.17) is 11.6 Å². The number of anilines is 1. The molecule has 3 nitrogen and oxygen atoms in total. The first kappa shape index (κ1) is 16.6. The van der Waals surface area contributed by atoms with Crippen LogP contribution in [0.15, 0.2) is 47.4 Å². The van der Waals surface area contributed by atoms with Gasteiger partial charge < -0.3 is 0 Å². The molecule has 0 unspecified atom stereocenters. The second-order valence-corrected chi connectivity index (χ2v) is 6.70. The maximum atomic E-state index is 12.5. The minimum Gasteiger partial charge on any atom is -0.278 e. The second kappa shape index (κ2) is 5.81. The fourth-order valence-electron chi connectivity index (χ4n) is 1.76. The Labute approximate surface area is 130 Å². The summed E-state index contributed by atoms with van der Waals surface area (Å²) < 4.78 is 64.2. The minimum absolute atomic E-state index is 0.00321. The molecule has 0 radical (unpaired) electrons. The number of alkyl halides is 3. The van der Waals surface area contributed by atoms with Crippen molar-refractivity contribution in [3.63, 3.8) is 0 Å². The normalized spacial score (nSPS) is 12.2. The lowest BCUT2D eigenvalue weighted by Gasteiger charge is -2.12. The predicted octanol–water partition coefficient (Wildman–Crippen LogP) is 4.47. The van der Waals surface area contributed by atoms with Gasteiger partial charge in [-0.2, -0.15) is 13.2 Å². The fraction of sp³-hybridized carbons (Fsp3) is 0.143. The smallest absolute Gasteiger partial charge is 0.278 e. The van der Waals surface area contributed by atoms with Gasteiger partial charge in [0.05, 0.1) is 21.2 Å². The van der Waals surface area contributed by atoms with Crippen molar-refractivity contribution in [3.05, 3.63) is 58.6 Å². The van der Waals surface area contributed by atoms with Crippen molar-refractivity contribution in [1.82, 2.24) is 0 Å². The van der Waals surface area contributed by atoms with E-state index in [0.717, 1.165) is 17.7 Å². The third-order valence-corrected chi connectivity index (χ3v) is 4.52. The third-order valence-electron chi connectivity index (χ3n) is 2.84. The van der Waals surface area contributed by atoms with Crippen molar-refractivity contribution < 1.29 is 21.6 Å². The zero-order valence-corrected chi connectivity index (χ0v) is 12.9. The van der Waals surface area contributed by atoms with Gasteiger partial charge >= 0.3 is 6.18 Å². The molecule has 0 spiro atoms. The third kappa shape index (κ3) is 3.72. The summed E-state index contributed by atoms with van der Waals surface area (Å²) in [6, 6.07) is 8.55. The summed E-state index contributed by atoms with van der Waals surface area (Å²) in [5.74, 6) is 0. The Bertz CT molecular complexity index is 804. The molecular weight excluding hydrogens is 339 g/mol. The van der Waals surface area contributed by atoms with Crippen LogP contribution in [0.1, 0.15) is 11.1 Å². The first-order valence-electron chi connectivity index (χ1n) is 6.06. The molecule has 118 valence electrons. The summed E-state index contributed by atoms with van der Waals surface area (Å²) in [5, 5.41) is -0.328. The molecule has 22 heavy (non-hydrogen) atoms. The largest absolute Gasteiger partial charge is 0.416 e. The molecule has 0 atom stereocenters. The van der Waals surface area contributed by atoms with Gasteiger partial charge in [0.2, 0.25) is 0 Å². The maximum Gasteiger partial charge on any atom is 0.416 e. The molecule has 2 rings (SSSR count). The standard InChI is InChI=1S/C14H11ClF3NO2S/c1-9-3-2-4-11(7-9)22(20,21)19-13-6-5-10(8-12(13)15)14(16,17)18/h2-8,19H,1H3. The van der Waals surface area contributed by atoms with Crippen molar-refractivity contribution in [1.29, 1.82) is 0 Å². The van der Waals surface area contributed by atoms with Crippen LogP contribution in [0.25, 0.3) is 0 Å². The van der Waals surface area contributed by atoms with Crippen LogP contribution in [0.2, 0.25) is 5.02 Å². The Hall–Kier alpha value is -1.73. The molecule has 0 saturated heterocycles. The van der Waals surface area contributed by atoms with Crippen LogP contribution in [-0.4, -0.2) is 8.42 Å². The highest BCUT2D eigenvalue weighted by molar-refractivity contribution is 7.92. The van der Waals surface area contributed by atoms with Crippen LogP contribution in [0.4, 0.5) is 18.9 Å². The number of hydrogen-bond acceptors (Lipinski definition) is 2. The van der Waals surface area contributed by atoms with Crippen LogP contribution in [0.3, 0.4) is 0 Å². The van der Waals surface area contributed by atoms with Gasteiger partial charge in [0.1, 0.15) is 0 Å². The van der Waals surface area contributed by atoms with Crippen LogP contribution in [0.5, 0.6) is 0 Å². The quantitative estimate of drug-likeness (QED) is 0.888. The molecular formula is C14H11ClF3NO2S. The van der Waals surface area contributed by atoms with Crippen molar-refractivity contribution in [2.75, 3.05) is 4.72 Å². The predicted molar refractivity (Wildman–Crippen MR) is 78.4 cm³/mol. The molecule has 1 N–H and O–H groups in total. The van der Waals surface area contributed by atoms with E-state index in [9.17, 15) is 21.6 Å². The lowest BCUT2D eigenvalue weighted by molar-refractivity contribution is -0.137. The fourth-order valence-corrected chi connectivity index (χ4v) is 3.23. The summed E-state index contributed by atoms with van der Waals surface area (Å²) in [5.41, 5.74) is -0.325. The first-order chi connectivity index (χ1) is 10.1. The van der Waals surface area contributed by atoms with Gasteiger partial charge in [-0.25, -0.2) is 8.42 Å². The van der Waals surface area contributed by atoms with Crippen molar-refractivity contribution >= 4 is 27.3 Å². The number of rotatable bonds is 3. The Balaban J connectivity index is 2.35. The number of halogens is 4. The number of benzene rings is 2. The van der Waals surface area contributed by atoms with E-state index in [-0.39, 0.29) is 15.6 Å². The van der Waals surface area contributed by atoms with Gasteiger partial charge in [0.15, 0.2) is 0 Å². The molecule has 0 aliphatic carbocycles. The molecule has 2 aromatic rings. The first-order valence-corrected chi connectivity index (χ1v) is 7.92. The van der Waals surface area contributed by atoms with E-state index in [1.807, 2.05) is 0 Å². The lowest BCUT2D eigenvalue weighted by Crippen LogP contribution is -2.14. The summed E-state index contributed by atoms with van der Waals surface area (Å²) in [6.45, 7) is 1.73. The SMILES string of the molecule is Cc1cccc(S(=O)(=O)Nc2ccc(C(F)(F)F)cc2Cl)c1. The molecule has 0 heterocycles. The molecule has 2 aromatic carbocycles. The highest BCUT2D eigenvalue weighted by Crippen LogP contribution is 2.34. The Morgan fingerprint density at radius 2 is 1.77 bits per heavy atom. The zero-order valence-electron chi connectivity index (χ0n) is 11.3. The number of sulfonamides is 1. The molecule has 0 fully saturated rings. The molecule has 0 aliphatic rings. The average molecular weight is 350 g/mol. The Kier molecular flexibility index (Phi) is 4.39. The topological polar surface area (TPSA) is 46.2 Å². The number of nitrogens with one attached hydrogen (secondary N) is 1. The highest BCUT2D eigenvalue weighted by Gasteiger charge is 2.31. The van der Waals surface area contributed by atoms with Crippen LogP contribution >= 0.6 is 11.6 Å². The van der Waals surface area contributed by atoms with Gasteiger partial charge in [-0.15, -0.1) is 0 Å². The second-order valence-electron chi connectivity index (χ2n) is 4.61. The summed E-state index contributed by atoms with van der Waals surface area (Å²) in [7, 11) is -3.92. The van der Waals surface area contributed by atoms with Crippen molar-refractivity contribution in [2.24, 2.45) is 0 Å². The Morgan fingerprint density at radius 3 is 2.32 bits per heavy atom. The molecule has 0 bridgehead atoms. The molecule has 0 aromatic heterocycles. The van der Waals surface area contributed by atoms with E-state index in [1.165, 1.54) is 12.1 Å². The van der Waals surface area contributed by atoms with Crippen LogP contribution in [-0.2, 0) is 16.2 Å². The van der Waals surface area contributed by atoms with Gasteiger partial charge in [-0.1, -0.05) is 23.7 Å². The lowest BCUT2D eigenvalue weighted by atomic mass is 10.2. The van der Waals surface area contributed by atoms with Gasteiger partial charge in [0.25, 0.3) is 10.0 Å². The van der Waals surface area contributed by atoms with Gasteiger partial charge in [-0.3, -0.25) is 4.72 Å². The monoisotopic (exact) mass is 349 g/mol. The number of hydrogen-bond donors (Lipinski definition) is 1. The van der Waals surface area contributed by atoms with E-state index >= 15 is 0 Å². The van der Waals surface area contributed by atoms with Crippen molar-refractivity contribution in [3.8, 4) is 0 Å².